The van der Waals surface area contributed by atoms with Crippen molar-refractivity contribution in [2.24, 2.45) is 0 Å². The second-order valence-electron chi connectivity index (χ2n) is 3.86. The van der Waals surface area contributed by atoms with E-state index < -0.39 is 0 Å². The van der Waals surface area contributed by atoms with Crippen molar-refractivity contribution in [3.63, 3.8) is 0 Å². The van der Waals surface area contributed by atoms with Crippen LogP contribution in [0.4, 0.5) is 0 Å². The molecule has 0 aromatic rings. The molecule has 0 aliphatic carbocycles. The van der Waals surface area contributed by atoms with Gasteiger partial charge in [-0.1, -0.05) is 6.92 Å². The number of hydrogen-bond donors (Lipinski definition) is 1. The predicted molar refractivity (Wildman–Crippen MR) is 46.0 cm³/mol. The predicted octanol–water partition coefficient (Wildman–Crippen LogP) is 0.230. The van der Waals surface area contributed by atoms with Crippen LogP contribution >= 0.6 is 0 Å². The average Bonchev–Trinajstić information content (AvgIpc) is 2.64. The summed E-state index contributed by atoms with van der Waals surface area (Å²) < 4.78 is 5.47. The molecule has 3 heteroatoms. The zero-order chi connectivity index (χ0) is 8.55. The van der Waals surface area contributed by atoms with Crippen LogP contribution in [0.3, 0.4) is 0 Å². The first-order valence-corrected chi connectivity index (χ1v) is 4.83. The second kappa shape index (κ2) is 3.32. The number of morpholine rings is 1. The van der Waals surface area contributed by atoms with Crippen LogP contribution in [-0.2, 0) is 4.74 Å². The van der Waals surface area contributed by atoms with E-state index in [1.54, 1.807) is 0 Å². The van der Waals surface area contributed by atoms with Gasteiger partial charge in [0.1, 0.15) is 0 Å². The van der Waals surface area contributed by atoms with Gasteiger partial charge in [-0.05, 0) is 12.8 Å². The molecule has 2 unspecified atom stereocenters. The Kier molecular flexibility index (Phi) is 2.35. The third kappa shape index (κ3) is 1.49. The lowest BCUT2D eigenvalue weighted by Crippen LogP contribution is -2.41. The largest absolute Gasteiger partial charge is 0.392 e. The summed E-state index contributed by atoms with van der Waals surface area (Å²) in [6, 6.07) is 0.594. The molecule has 2 heterocycles. The molecule has 12 heavy (non-hydrogen) atoms. The molecular formula is C9H17NO2. The van der Waals surface area contributed by atoms with Crippen LogP contribution in [0.5, 0.6) is 0 Å². The van der Waals surface area contributed by atoms with Gasteiger partial charge in [0, 0.05) is 19.1 Å². The van der Waals surface area contributed by atoms with Gasteiger partial charge >= 0.3 is 0 Å². The van der Waals surface area contributed by atoms with Crippen molar-refractivity contribution < 1.29 is 9.84 Å². The molecule has 2 fully saturated rings. The molecule has 0 radical (unpaired) electrons. The summed E-state index contributed by atoms with van der Waals surface area (Å²) in [5.41, 5.74) is 0. The minimum absolute atomic E-state index is 0.149. The van der Waals surface area contributed by atoms with Crippen molar-refractivity contribution in [2.75, 3.05) is 19.7 Å². The first-order chi connectivity index (χ1) is 5.79. The molecule has 2 rings (SSSR count). The number of ether oxygens (including phenoxy) is 1. The molecule has 0 aromatic heterocycles. The van der Waals surface area contributed by atoms with Gasteiger partial charge in [-0.3, -0.25) is 4.90 Å². The Balaban J connectivity index is 1.82. The zero-order valence-electron chi connectivity index (χ0n) is 7.57. The maximum absolute atomic E-state index is 9.46. The fourth-order valence-corrected chi connectivity index (χ4v) is 2.10. The Labute approximate surface area is 73.3 Å². The molecule has 3 atom stereocenters. The van der Waals surface area contributed by atoms with Gasteiger partial charge in [-0.25, -0.2) is 0 Å². The first kappa shape index (κ1) is 8.48. The van der Waals surface area contributed by atoms with Gasteiger partial charge in [0.2, 0.25) is 0 Å². The third-order valence-electron chi connectivity index (χ3n) is 2.93. The average molecular weight is 171 g/mol. The molecule has 0 amide bonds. The smallest absolute Gasteiger partial charge is 0.0718 e. The number of nitrogens with zero attached hydrogens (tertiary/aromatic N) is 1. The van der Waals surface area contributed by atoms with Gasteiger partial charge < -0.3 is 9.84 Å². The Morgan fingerprint density at radius 3 is 3.00 bits per heavy atom. The lowest BCUT2D eigenvalue weighted by atomic mass is 10.2. The Bertz CT molecular complexity index is 163. The Hall–Kier alpha value is -0.120. The van der Waals surface area contributed by atoms with E-state index in [9.17, 15) is 5.11 Å². The summed E-state index contributed by atoms with van der Waals surface area (Å²) in [4.78, 5) is 2.36. The minimum Gasteiger partial charge on any atom is -0.392 e. The lowest BCUT2D eigenvalue weighted by Gasteiger charge is -2.28. The molecule has 2 aliphatic heterocycles. The van der Waals surface area contributed by atoms with E-state index >= 15 is 0 Å². The summed E-state index contributed by atoms with van der Waals surface area (Å²) >= 11 is 0. The molecule has 2 bridgehead atoms. The highest BCUT2D eigenvalue weighted by atomic mass is 16.5. The van der Waals surface area contributed by atoms with Gasteiger partial charge in [0.25, 0.3) is 0 Å². The van der Waals surface area contributed by atoms with Gasteiger partial charge in [0.15, 0.2) is 0 Å². The zero-order valence-corrected chi connectivity index (χ0v) is 7.57. The number of aliphatic hydroxyl groups is 1. The number of hydrogen-bond acceptors (Lipinski definition) is 3. The highest BCUT2D eigenvalue weighted by Gasteiger charge is 2.39. The number of likely N-dealkylation sites (tertiary alicyclic amines) is 1. The van der Waals surface area contributed by atoms with Gasteiger partial charge in [-0.2, -0.15) is 0 Å². The SMILES string of the molecule is CC[C@H](O)CN1CC2CC1CO2. The topological polar surface area (TPSA) is 32.7 Å². The molecule has 0 spiro atoms. The quantitative estimate of drug-likeness (QED) is 0.660. The number of β-amino-alcohol motifs (C(OH)–C–C–N with tert-alkyl or cyclic N) is 1. The van der Waals surface area contributed by atoms with Crippen molar-refractivity contribution in [1.29, 1.82) is 0 Å². The number of aliphatic hydroxyl groups excluding tert-OH is 1. The van der Waals surface area contributed by atoms with Gasteiger partial charge in [0.05, 0.1) is 18.8 Å². The minimum atomic E-state index is -0.149. The number of rotatable bonds is 3. The molecule has 0 aromatic carbocycles. The molecule has 3 nitrogen and oxygen atoms in total. The van der Waals surface area contributed by atoms with Crippen LogP contribution in [0.1, 0.15) is 19.8 Å². The van der Waals surface area contributed by atoms with E-state index in [1.807, 2.05) is 6.92 Å². The Morgan fingerprint density at radius 2 is 2.50 bits per heavy atom. The summed E-state index contributed by atoms with van der Waals surface area (Å²) in [5.74, 6) is 0. The van der Waals surface area contributed by atoms with E-state index in [-0.39, 0.29) is 6.10 Å². The molecule has 2 aliphatic rings. The van der Waals surface area contributed by atoms with Crippen LogP contribution in [-0.4, -0.2) is 48.0 Å². The summed E-state index contributed by atoms with van der Waals surface area (Å²) in [5, 5.41) is 9.46. The van der Waals surface area contributed by atoms with E-state index in [1.165, 1.54) is 6.42 Å². The maximum atomic E-state index is 9.46. The van der Waals surface area contributed by atoms with Crippen molar-refractivity contribution in [3.05, 3.63) is 0 Å². The van der Waals surface area contributed by atoms with Crippen molar-refractivity contribution in [3.8, 4) is 0 Å². The van der Waals surface area contributed by atoms with Crippen LogP contribution in [0, 0.1) is 0 Å². The summed E-state index contributed by atoms with van der Waals surface area (Å²) in [7, 11) is 0. The highest BCUT2D eigenvalue weighted by molar-refractivity contribution is 4.91. The van der Waals surface area contributed by atoms with E-state index in [4.69, 9.17) is 4.74 Å². The first-order valence-electron chi connectivity index (χ1n) is 4.83. The standard InChI is InChI=1S/C9H17NO2/c1-2-8(11)4-10-5-9-3-7(10)6-12-9/h7-9,11H,2-6H2,1H3/t7?,8-,9?/m0/s1. The Morgan fingerprint density at radius 1 is 1.67 bits per heavy atom. The fraction of sp³-hybridized carbons (Fsp3) is 1.00. The number of fused-ring (bicyclic) bond motifs is 2. The molecule has 1 N–H and O–H groups in total. The summed E-state index contributed by atoms with van der Waals surface area (Å²) in [6.07, 6.45) is 2.34. The van der Waals surface area contributed by atoms with Gasteiger partial charge in [-0.15, -0.1) is 0 Å². The van der Waals surface area contributed by atoms with Crippen LogP contribution in [0.25, 0.3) is 0 Å². The van der Waals surface area contributed by atoms with Crippen molar-refractivity contribution in [2.45, 2.75) is 38.0 Å². The van der Waals surface area contributed by atoms with Crippen molar-refractivity contribution >= 4 is 0 Å². The summed E-state index contributed by atoms with van der Waals surface area (Å²) in [6.45, 7) is 4.76. The maximum Gasteiger partial charge on any atom is 0.0718 e. The van der Waals surface area contributed by atoms with E-state index in [2.05, 4.69) is 4.90 Å². The van der Waals surface area contributed by atoms with Crippen molar-refractivity contribution in [1.82, 2.24) is 4.90 Å². The van der Waals surface area contributed by atoms with E-state index in [0.29, 0.717) is 12.1 Å². The molecular weight excluding hydrogens is 154 g/mol. The fourth-order valence-electron chi connectivity index (χ4n) is 2.10. The van der Waals surface area contributed by atoms with Crippen LogP contribution < -0.4 is 0 Å². The van der Waals surface area contributed by atoms with Crippen LogP contribution in [0.2, 0.25) is 0 Å². The normalized spacial score (nSPS) is 37.5. The second-order valence-corrected chi connectivity index (χ2v) is 3.86. The van der Waals surface area contributed by atoms with E-state index in [0.717, 1.165) is 26.1 Å². The molecule has 0 saturated carbocycles. The molecule has 2 saturated heterocycles. The molecule has 70 valence electrons. The highest BCUT2D eigenvalue weighted by Crippen LogP contribution is 2.27. The third-order valence-corrected chi connectivity index (χ3v) is 2.93. The lowest BCUT2D eigenvalue weighted by molar-refractivity contribution is 0.00963. The monoisotopic (exact) mass is 171 g/mol. The van der Waals surface area contributed by atoms with Crippen LogP contribution in [0.15, 0.2) is 0 Å².